The molecule has 5 rings (SSSR count). The van der Waals surface area contributed by atoms with E-state index in [9.17, 15) is 4.79 Å². The van der Waals surface area contributed by atoms with Crippen LogP contribution in [0, 0.1) is 0 Å². The summed E-state index contributed by atoms with van der Waals surface area (Å²) in [5, 5.41) is 11.2. The van der Waals surface area contributed by atoms with Crippen LogP contribution in [0.15, 0.2) is 78.1 Å². The maximum absolute atomic E-state index is 12.1. The van der Waals surface area contributed by atoms with Crippen LogP contribution in [0.25, 0.3) is 27.7 Å². The first-order valence-corrected chi connectivity index (χ1v) is 10.0. The molecule has 0 radical (unpaired) electrons. The molecule has 3 heterocycles. The maximum Gasteiger partial charge on any atom is 0.348 e. The summed E-state index contributed by atoms with van der Waals surface area (Å²) in [5.74, 6) is 0. The topological polar surface area (TPSA) is 80.0 Å². The van der Waals surface area contributed by atoms with Gasteiger partial charge >= 0.3 is 5.69 Å². The van der Waals surface area contributed by atoms with Gasteiger partial charge in [0.2, 0.25) is 0 Å². The van der Waals surface area contributed by atoms with Crippen molar-refractivity contribution < 1.29 is 0 Å². The summed E-state index contributed by atoms with van der Waals surface area (Å²) in [7, 11) is 0. The van der Waals surface area contributed by atoms with E-state index in [-0.39, 0.29) is 5.69 Å². The lowest BCUT2D eigenvalue weighted by molar-refractivity contribution is 0.581. The smallest absolute Gasteiger partial charge is 0.337 e. The van der Waals surface area contributed by atoms with Crippen LogP contribution in [0.3, 0.4) is 0 Å². The van der Waals surface area contributed by atoms with Crippen molar-refractivity contribution in [2.45, 2.75) is 19.5 Å². The Kier molecular flexibility index (Phi) is 4.86. The molecule has 0 aliphatic carbocycles. The Hall–Kier alpha value is -3.71. The predicted molar refractivity (Wildman–Crippen MR) is 117 cm³/mol. The SMILES string of the molecule is O=c1[nH]nc2cc(-c3ccc(CNCCCn4ccnc4)cc3)c3ccccc3n12. The second-order valence-electron chi connectivity index (χ2n) is 7.33. The summed E-state index contributed by atoms with van der Waals surface area (Å²) < 4.78 is 3.70. The van der Waals surface area contributed by atoms with Crippen LogP contribution in [-0.4, -0.2) is 30.7 Å². The Labute approximate surface area is 173 Å². The first kappa shape index (κ1) is 18.3. The number of benzene rings is 2. The van der Waals surface area contributed by atoms with Gasteiger partial charge in [0.1, 0.15) is 0 Å². The molecule has 7 heteroatoms. The molecule has 0 bridgehead atoms. The summed E-state index contributed by atoms with van der Waals surface area (Å²) >= 11 is 0. The van der Waals surface area contributed by atoms with Crippen molar-refractivity contribution in [1.82, 2.24) is 29.5 Å². The Morgan fingerprint density at radius 2 is 1.93 bits per heavy atom. The highest BCUT2D eigenvalue weighted by Crippen LogP contribution is 2.29. The van der Waals surface area contributed by atoms with E-state index in [4.69, 9.17) is 0 Å². The Bertz CT molecular complexity index is 1330. The number of imidazole rings is 1. The van der Waals surface area contributed by atoms with Crippen LogP contribution in [0.1, 0.15) is 12.0 Å². The minimum absolute atomic E-state index is 0.220. The molecule has 2 aromatic carbocycles. The van der Waals surface area contributed by atoms with Gasteiger partial charge in [0.15, 0.2) is 5.65 Å². The van der Waals surface area contributed by atoms with Crippen LogP contribution in [0.5, 0.6) is 0 Å². The van der Waals surface area contributed by atoms with E-state index >= 15 is 0 Å². The molecule has 0 saturated heterocycles. The van der Waals surface area contributed by atoms with Gasteiger partial charge in [0.25, 0.3) is 0 Å². The van der Waals surface area contributed by atoms with Gasteiger partial charge in [0.05, 0.1) is 11.8 Å². The fraction of sp³-hybridized carbons (Fsp3) is 0.174. The number of aryl methyl sites for hydroxylation is 1. The molecule has 0 unspecified atom stereocenters. The molecule has 3 aromatic heterocycles. The van der Waals surface area contributed by atoms with Crippen molar-refractivity contribution in [2.75, 3.05) is 6.54 Å². The van der Waals surface area contributed by atoms with Gasteiger partial charge in [0, 0.05) is 30.9 Å². The maximum atomic E-state index is 12.1. The predicted octanol–water partition coefficient (Wildman–Crippen LogP) is 3.22. The van der Waals surface area contributed by atoms with Gasteiger partial charge in [-0.2, -0.15) is 5.10 Å². The number of fused-ring (bicyclic) bond motifs is 3. The number of nitrogens with one attached hydrogen (secondary N) is 2. The monoisotopic (exact) mass is 398 g/mol. The van der Waals surface area contributed by atoms with Crippen LogP contribution < -0.4 is 11.0 Å². The molecule has 2 N–H and O–H groups in total. The average Bonchev–Trinajstić information content (AvgIpc) is 3.43. The summed E-state index contributed by atoms with van der Waals surface area (Å²) in [6.45, 7) is 2.76. The Morgan fingerprint density at radius 3 is 2.77 bits per heavy atom. The highest BCUT2D eigenvalue weighted by molar-refractivity contribution is 5.97. The van der Waals surface area contributed by atoms with Crippen LogP contribution in [0.2, 0.25) is 0 Å². The van der Waals surface area contributed by atoms with E-state index < -0.39 is 0 Å². The molecule has 0 spiro atoms. The summed E-state index contributed by atoms with van der Waals surface area (Å²) in [6, 6.07) is 18.4. The van der Waals surface area contributed by atoms with E-state index in [1.54, 1.807) is 10.6 Å². The molecule has 150 valence electrons. The molecule has 30 heavy (non-hydrogen) atoms. The van der Waals surface area contributed by atoms with E-state index in [1.807, 2.05) is 42.9 Å². The van der Waals surface area contributed by atoms with Crippen LogP contribution in [-0.2, 0) is 13.1 Å². The zero-order valence-corrected chi connectivity index (χ0v) is 16.5. The van der Waals surface area contributed by atoms with E-state index in [0.717, 1.165) is 48.1 Å². The van der Waals surface area contributed by atoms with Gasteiger partial charge < -0.3 is 9.88 Å². The average molecular weight is 398 g/mol. The Morgan fingerprint density at radius 1 is 1.07 bits per heavy atom. The van der Waals surface area contributed by atoms with Crippen molar-refractivity contribution in [2.24, 2.45) is 0 Å². The zero-order chi connectivity index (χ0) is 20.3. The lowest BCUT2D eigenvalue weighted by Crippen LogP contribution is -2.16. The number of hydrogen-bond acceptors (Lipinski definition) is 4. The highest BCUT2D eigenvalue weighted by atomic mass is 16.1. The fourth-order valence-electron chi connectivity index (χ4n) is 3.82. The van der Waals surface area contributed by atoms with Gasteiger partial charge in [-0.3, -0.25) is 0 Å². The van der Waals surface area contributed by atoms with Crippen LogP contribution >= 0.6 is 0 Å². The third-order valence-corrected chi connectivity index (χ3v) is 5.33. The molecule has 0 saturated carbocycles. The van der Waals surface area contributed by atoms with Gasteiger partial charge in [-0.25, -0.2) is 19.3 Å². The number of para-hydroxylation sites is 1. The van der Waals surface area contributed by atoms with Gasteiger partial charge in [-0.15, -0.1) is 0 Å². The van der Waals surface area contributed by atoms with Crippen molar-refractivity contribution in [3.05, 3.63) is 89.4 Å². The minimum atomic E-state index is -0.220. The van der Waals surface area contributed by atoms with Crippen molar-refractivity contribution >= 4 is 16.6 Å². The lowest BCUT2D eigenvalue weighted by atomic mass is 10.00. The highest BCUT2D eigenvalue weighted by Gasteiger charge is 2.11. The number of aromatic nitrogens is 5. The minimum Gasteiger partial charge on any atom is -0.337 e. The van der Waals surface area contributed by atoms with E-state index in [2.05, 4.69) is 49.3 Å². The number of H-pyrrole nitrogens is 1. The molecule has 0 atom stereocenters. The number of hydrogen-bond donors (Lipinski definition) is 2. The molecule has 5 aromatic rings. The third kappa shape index (κ3) is 3.51. The summed E-state index contributed by atoms with van der Waals surface area (Å²) in [4.78, 5) is 16.2. The third-order valence-electron chi connectivity index (χ3n) is 5.33. The lowest BCUT2D eigenvalue weighted by Gasteiger charge is -2.10. The Balaban J connectivity index is 1.32. The molecule has 7 nitrogen and oxygen atoms in total. The first-order chi connectivity index (χ1) is 14.8. The number of nitrogens with zero attached hydrogens (tertiary/aromatic N) is 4. The second-order valence-corrected chi connectivity index (χ2v) is 7.33. The molecule has 0 amide bonds. The summed E-state index contributed by atoms with van der Waals surface area (Å²) in [6.07, 6.45) is 6.70. The van der Waals surface area contributed by atoms with Crippen molar-refractivity contribution in [1.29, 1.82) is 0 Å². The second kappa shape index (κ2) is 7.96. The quantitative estimate of drug-likeness (QED) is 0.413. The molecular formula is C23H22N6O. The summed E-state index contributed by atoms with van der Waals surface area (Å²) in [5.41, 5.74) is 4.67. The zero-order valence-electron chi connectivity index (χ0n) is 16.5. The molecule has 0 fully saturated rings. The van der Waals surface area contributed by atoms with Gasteiger partial charge in [-0.05, 0) is 41.8 Å². The number of aromatic amines is 1. The molecular weight excluding hydrogens is 376 g/mol. The van der Waals surface area contributed by atoms with E-state index in [1.165, 1.54) is 5.56 Å². The number of pyridine rings is 1. The van der Waals surface area contributed by atoms with Crippen LogP contribution in [0.4, 0.5) is 0 Å². The molecule has 0 aliphatic heterocycles. The normalized spacial score (nSPS) is 11.5. The fourth-order valence-corrected chi connectivity index (χ4v) is 3.82. The largest absolute Gasteiger partial charge is 0.348 e. The van der Waals surface area contributed by atoms with Gasteiger partial charge in [-0.1, -0.05) is 42.5 Å². The first-order valence-electron chi connectivity index (χ1n) is 10.0. The van der Waals surface area contributed by atoms with E-state index in [0.29, 0.717) is 5.65 Å². The number of rotatable bonds is 7. The van der Waals surface area contributed by atoms with Crippen molar-refractivity contribution in [3.63, 3.8) is 0 Å². The molecule has 0 aliphatic rings. The standard InChI is InChI=1S/C23H22N6O/c30-23-27-26-22-14-20(19-4-1-2-5-21(19)29(22)23)18-8-6-17(7-9-18)15-24-10-3-12-28-13-11-25-16-28/h1-2,4-9,11,13-14,16,24H,3,10,12,15H2,(H,27,30). The van der Waals surface area contributed by atoms with Crippen molar-refractivity contribution in [3.8, 4) is 11.1 Å².